The topological polar surface area (TPSA) is 3.24 Å². The third kappa shape index (κ3) is 2.02. The fraction of sp³-hybridized carbons (Fsp3) is 0.250. The van der Waals surface area contributed by atoms with Crippen molar-refractivity contribution in [1.82, 2.24) is 0 Å². The van der Waals surface area contributed by atoms with Crippen molar-refractivity contribution in [2.75, 3.05) is 18.0 Å². The van der Waals surface area contributed by atoms with E-state index in [2.05, 4.69) is 84.6 Å². The number of nitrogens with zero attached hydrogens (tertiary/aromatic N) is 1. The van der Waals surface area contributed by atoms with Crippen LogP contribution >= 0.6 is 0 Å². The summed E-state index contributed by atoms with van der Waals surface area (Å²) in [6.45, 7) is 4.76. The lowest BCUT2D eigenvalue weighted by atomic mass is 9.73. The van der Waals surface area contributed by atoms with Gasteiger partial charge in [-0.3, -0.25) is 0 Å². The minimum absolute atomic E-state index is 0.0909. The maximum absolute atomic E-state index is 2.57. The Morgan fingerprint density at radius 1 is 0.640 bits per heavy atom. The molecule has 3 aromatic rings. The Morgan fingerprint density at radius 3 is 1.72 bits per heavy atom. The van der Waals surface area contributed by atoms with Crippen LogP contribution in [0, 0.1) is 0 Å². The molecule has 1 heteroatoms. The first kappa shape index (κ1) is 14.8. The first-order chi connectivity index (χ1) is 12.3. The molecule has 0 spiro atoms. The summed E-state index contributed by atoms with van der Waals surface area (Å²) in [7, 11) is 0. The second-order valence-electron chi connectivity index (χ2n) is 7.43. The number of hydrogen-bond donors (Lipinski definition) is 0. The van der Waals surface area contributed by atoms with Crippen molar-refractivity contribution in [2.24, 2.45) is 0 Å². The van der Waals surface area contributed by atoms with E-state index in [4.69, 9.17) is 0 Å². The molecule has 2 aliphatic rings. The number of para-hydroxylation sites is 1. The van der Waals surface area contributed by atoms with Crippen molar-refractivity contribution in [3.05, 3.63) is 89.5 Å². The summed E-state index contributed by atoms with van der Waals surface area (Å²) < 4.78 is 0. The summed E-state index contributed by atoms with van der Waals surface area (Å²) in [5.41, 5.74) is 8.40. The van der Waals surface area contributed by atoms with E-state index in [1.54, 1.807) is 0 Å². The van der Waals surface area contributed by atoms with Crippen LogP contribution in [-0.4, -0.2) is 13.1 Å². The molecule has 25 heavy (non-hydrogen) atoms. The highest BCUT2D eigenvalue weighted by Crippen LogP contribution is 2.54. The fourth-order valence-corrected chi connectivity index (χ4v) is 4.87. The number of rotatable bonds is 2. The molecule has 0 saturated carbocycles. The standard InChI is InChI=1S/C24H23N/c1-24(22-14-6-7-15-23(22)25-16-8-9-17-25)20-12-4-2-10-18(20)19-11-3-5-13-21(19)24/h2-7,10-15H,8-9,16-17H2,1H3. The lowest BCUT2D eigenvalue weighted by Crippen LogP contribution is -2.28. The van der Waals surface area contributed by atoms with Crippen LogP contribution in [0.5, 0.6) is 0 Å². The molecule has 0 amide bonds. The van der Waals surface area contributed by atoms with E-state index >= 15 is 0 Å². The zero-order valence-corrected chi connectivity index (χ0v) is 14.7. The van der Waals surface area contributed by atoms with E-state index in [1.165, 1.54) is 59.4 Å². The normalized spacial score (nSPS) is 17.4. The van der Waals surface area contributed by atoms with Crippen LogP contribution in [0.2, 0.25) is 0 Å². The van der Waals surface area contributed by atoms with Gasteiger partial charge in [0.05, 0.1) is 0 Å². The quantitative estimate of drug-likeness (QED) is 0.591. The van der Waals surface area contributed by atoms with Crippen molar-refractivity contribution in [3.8, 4) is 11.1 Å². The van der Waals surface area contributed by atoms with Crippen molar-refractivity contribution in [1.29, 1.82) is 0 Å². The molecule has 124 valence electrons. The van der Waals surface area contributed by atoms with Crippen LogP contribution in [0.3, 0.4) is 0 Å². The molecule has 5 rings (SSSR count). The fourth-order valence-electron chi connectivity index (χ4n) is 4.87. The molecule has 1 heterocycles. The third-order valence-electron chi connectivity index (χ3n) is 6.11. The van der Waals surface area contributed by atoms with Gasteiger partial charge in [0, 0.05) is 24.2 Å². The Hall–Kier alpha value is -2.54. The van der Waals surface area contributed by atoms with Gasteiger partial charge in [-0.15, -0.1) is 0 Å². The highest BCUT2D eigenvalue weighted by atomic mass is 15.1. The molecule has 0 atom stereocenters. The molecule has 1 aliphatic heterocycles. The third-order valence-corrected chi connectivity index (χ3v) is 6.11. The van der Waals surface area contributed by atoms with Crippen molar-refractivity contribution in [3.63, 3.8) is 0 Å². The van der Waals surface area contributed by atoms with Crippen molar-refractivity contribution < 1.29 is 0 Å². The van der Waals surface area contributed by atoms with Gasteiger partial charge in [0.1, 0.15) is 0 Å². The zero-order chi connectivity index (χ0) is 16.9. The minimum atomic E-state index is -0.0909. The van der Waals surface area contributed by atoms with Crippen LogP contribution in [0.1, 0.15) is 36.5 Å². The van der Waals surface area contributed by atoms with E-state index in [0.717, 1.165) is 0 Å². The van der Waals surface area contributed by atoms with Gasteiger partial charge in [0.25, 0.3) is 0 Å². The molecule has 1 aliphatic carbocycles. The summed E-state index contributed by atoms with van der Waals surface area (Å²) in [6, 6.07) is 26.9. The van der Waals surface area contributed by atoms with Gasteiger partial charge in [-0.25, -0.2) is 0 Å². The Morgan fingerprint density at radius 2 is 1.12 bits per heavy atom. The van der Waals surface area contributed by atoms with Gasteiger partial charge in [0.15, 0.2) is 0 Å². The summed E-state index contributed by atoms with van der Waals surface area (Å²) in [4.78, 5) is 2.57. The summed E-state index contributed by atoms with van der Waals surface area (Å²) in [6.07, 6.45) is 2.61. The highest BCUT2D eigenvalue weighted by Gasteiger charge is 2.42. The van der Waals surface area contributed by atoms with E-state index in [1.807, 2.05) is 0 Å². The van der Waals surface area contributed by atoms with Gasteiger partial charge in [0.2, 0.25) is 0 Å². The first-order valence-corrected chi connectivity index (χ1v) is 9.34. The molecule has 1 saturated heterocycles. The molecule has 1 fully saturated rings. The molecule has 1 nitrogen and oxygen atoms in total. The maximum atomic E-state index is 2.57. The highest BCUT2D eigenvalue weighted by molar-refractivity contribution is 5.84. The Balaban J connectivity index is 1.80. The lowest BCUT2D eigenvalue weighted by molar-refractivity contribution is 0.708. The summed E-state index contributed by atoms with van der Waals surface area (Å²) in [5, 5.41) is 0. The molecule has 0 N–H and O–H groups in total. The van der Waals surface area contributed by atoms with Crippen LogP contribution in [0.25, 0.3) is 11.1 Å². The van der Waals surface area contributed by atoms with Crippen LogP contribution in [0.4, 0.5) is 5.69 Å². The van der Waals surface area contributed by atoms with Gasteiger partial charge in [-0.05, 0) is 53.6 Å². The average molecular weight is 325 g/mol. The maximum Gasteiger partial charge on any atom is 0.0455 e. The predicted molar refractivity (Wildman–Crippen MR) is 105 cm³/mol. The Kier molecular flexibility index (Phi) is 3.24. The van der Waals surface area contributed by atoms with Gasteiger partial charge >= 0.3 is 0 Å². The van der Waals surface area contributed by atoms with Crippen LogP contribution in [-0.2, 0) is 5.41 Å². The number of anilines is 1. The Bertz CT molecular complexity index is 889. The number of fused-ring (bicyclic) bond motifs is 3. The zero-order valence-electron chi connectivity index (χ0n) is 14.7. The number of hydrogen-bond acceptors (Lipinski definition) is 1. The van der Waals surface area contributed by atoms with E-state index < -0.39 is 0 Å². The Labute approximate surface area is 149 Å². The molecular weight excluding hydrogens is 302 g/mol. The van der Waals surface area contributed by atoms with Gasteiger partial charge < -0.3 is 4.90 Å². The molecule has 0 radical (unpaired) electrons. The van der Waals surface area contributed by atoms with Gasteiger partial charge in [-0.1, -0.05) is 66.7 Å². The average Bonchev–Trinajstić information content (AvgIpc) is 3.29. The SMILES string of the molecule is CC1(c2ccccc2N2CCCC2)c2ccccc2-c2ccccc21. The van der Waals surface area contributed by atoms with Crippen molar-refractivity contribution >= 4 is 5.69 Å². The molecule has 0 aromatic heterocycles. The van der Waals surface area contributed by atoms with Gasteiger partial charge in [-0.2, -0.15) is 0 Å². The first-order valence-electron chi connectivity index (χ1n) is 9.34. The molecule has 0 unspecified atom stereocenters. The summed E-state index contributed by atoms with van der Waals surface area (Å²) >= 11 is 0. The predicted octanol–water partition coefficient (Wildman–Crippen LogP) is 5.62. The van der Waals surface area contributed by atoms with E-state index in [-0.39, 0.29) is 5.41 Å². The second kappa shape index (κ2) is 5.49. The molecular formula is C24H23N. The second-order valence-corrected chi connectivity index (χ2v) is 7.43. The van der Waals surface area contributed by atoms with Crippen LogP contribution < -0.4 is 4.90 Å². The summed E-state index contributed by atoms with van der Waals surface area (Å²) in [5.74, 6) is 0. The van der Waals surface area contributed by atoms with Crippen LogP contribution in [0.15, 0.2) is 72.8 Å². The number of benzene rings is 3. The smallest absolute Gasteiger partial charge is 0.0455 e. The minimum Gasteiger partial charge on any atom is -0.371 e. The molecule has 0 bridgehead atoms. The monoisotopic (exact) mass is 325 g/mol. The lowest BCUT2D eigenvalue weighted by Gasteiger charge is -2.33. The van der Waals surface area contributed by atoms with Crippen molar-refractivity contribution in [2.45, 2.75) is 25.2 Å². The largest absolute Gasteiger partial charge is 0.371 e. The van der Waals surface area contributed by atoms with E-state index in [9.17, 15) is 0 Å². The van der Waals surface area contributed by atoms with E-state index in [0.29, 0.717) is 0 Å². The molecule has 3 aromatic carbocycles.